The molecule has 1 unspecified atom stereocenters. The summed E-state index contributed by atoms with van der Waals surface area (Å²) >= 11 is 0. The van der Waals surface area contributed by atoms with Crippen LogP contribution in [0.1, 0.15) is 22.5 Å². The summed E-state index contributed by atoms with van der Waals surface area (Å²) < 4.78 is 28.1. The Bertz CT molecular complexity index is 845. The van der Waals surface area contributed by atoms with E-state index in [0.29, 0.717) is 29.4 Å². The first-order valence-electron chi connectivity index (χ1n) is 7.48. The topological polar surface area (TPSA) is 105 Å². The summed E-state index contributed by atoms with van der Waals surface area (Å²) in [7, 11) is -1.41. The van der Waals surface area contributed by atoms with Crippen LogP contribution in [0.5, 0.6) is 0 Å². The summed E-state index contributed by atoms with van der Waals surface area (Å²) in [6.45, 7) is 1.78. The van der Waals surface area contributed by atoms with Gasteiger partial charge in [0.25, 0.3) is 5.91 Å². The minimum atomic E-state index is -3.03. The Hall–Kier alpha value is -2.42. The smallest absolute Gasteiger partial charge is 0.255 e. The predicted octanol–water partition coefficient (Wildman–Crippen LogP) is 1.38. The molecule has 0 spiro atoms. The maximum atomic E-state index is 12.5. The monoisotopic (exact) mass is 350 g/mol. The Balaban J connectivity index is 1.67. The molecule has 3 heterocycles. The van der Waals surface area contributed by atoms with Gasteiger partial charge in [0.05, 0.1) is 17.1 Å². The van der Waals surface area contributed by atoms with Crippen molar-refractivity contribution in [2.24, 2.45) is 0 Å². The lowest BCUT2D eigenvalue weighted by atomic mass is 10.2. The van der Waals surface area contributed by atoms with Crippen LogP contribution < -0.4 is 5.32 Å². The van der Waals surface area contributed by atoms with E-state index in [1.54, 1.807) is 32.2 Å². The van der Waals surface area contributed by atoms with E-state index >= 15 is 0 Å². The number of aromatic nitrogens is 2. The predicted molar refractivity (Wildman–Crippen MR) is 87.9 cm³/mol. The second-order valence-corrected chi connectivity index (χ2v) is 8.08. The number of aryl methyl sites for hydroxylation is 1. The first-order chi connectivity index (χ1) is 11.3. The largest absolute Gasteiger partial charge is 0.360 e. The molecule has 2 aromatic heterocycles. The number of carbonyl (C=O) groups is 1. The van der Waals surface area contributed by atoms with E-state index in [1.807, 2.05) is 0 Å². The summed E-state index contributed by atoms with van der Waals surface area (Å²) in [6, 6.07) is 4.76. The molecule has 0 radical (unpaired) electrons. The molecule has 1 fully saturated rings. The lowest BCUT2D eigenvalue weighted by Crippen LogP contribution is -2.37. The van der Waals surface area contributed by atoms with Crippen LogP contribution in [-0.2, 0) is 9.84 Å². The molecule has 1 aliphatic rings. The van der Waals surface area contributed by atoms with Crippen molar-refractivity contribution < 1.29 is 17.7 Å². The van der Waals surface area contributed by atoms with Crippen molar-refractivity contribution >= 4 is 27.4 Å². The highest BCUT2D eigenvalue weighted by Gasteiger charge is 2.33. The molecule has 0 aliphatic carbocycles. The lowest BCUT2D eigenvalue weighted by molar-refractivity contribution is 0.0747. The van der Waals surface area contributed by atoms with Gasteiger partial charge in [0.2, 0.25) is 0 Å². The minimum Gasteiger partial charge on any atom is -0.360 e. The summed E-state index contributed by atoms with van der Waals surface area (Å²) in [4.78, 5) is 18.1. The van der Waals surface area contributed by atoms with Crippen LogP contribution >= 0.6 is 0 Å². The van der Waals surface area contributed by atoms with Crippen molar-refractivity contribution in [1.29, 1.82) is 0 Å². The molecule has 0 bridgehead atoms. The molecule has 1 N–H and O–H groups in total. The Morgan fingerprint density at radius 1 is 1.38 bits per heavy atom. The molecule has 128 valence electrons. The highest BCUT2D eigenvalue weighted by Crippen LogP contribution is 2.19. The highest BCUT2D eigenvalue weighted by atomic mass is 32.2. The molecule has 9 heteroatoms. The number of hydrogen-bond donors (Lipinski definition) is 1. The number of pyridine rings is 1. The molecule has 1 amide bonds. The summed E-state index contributed by atoms with van der Waals surface area (Å²) in [5, 5.41) is 6.77. The number of amides is 1. The number of nitrogens with one attached hydrogen (secondary N) is 1. The Morgan fingerprint density at radius 2 is 2.17 bits per heavy atom. The van der Waals surface area contributed by atoms with E-state index < -0.39 is 9.84 Å². The van der Waals surface area contributed by atoms with Gasteiger partial charge in [-0.2, -0.15) is 0 Å². The molecule has 2 aromatic rings. The van der Waals surface area contributed by atoms with E-state index in [9.17, 15) is 13.2 Å². The van der Waals surface area contributed by atoms with Crippen molar-refractivity contribution in [3.05, 3.63) is 35.7 Å². The second kappa shape index (κ2) is 6.23. The third kappa shape index (κ3) is 3.56. The van der Waals surface area contributed by atoms with E-state index in [1.165, 1.54) is 11.1 Å². The molecule has 1 saturated heterocycles. The highest BCUT2D eigenvalue weighted by molar-refractivity contribution is 7.91. The van der Waals surface area contributed by atoms with Gasteiger partial charge in [-0.05, 0) is 25.5 Å². The first kappa shape index (κ1) is 16.4. The average molecular weight is 350 g/mol. The standard InChI is InChI=1S/C15H18N4O4S/c1-10-7-14(18-23-10)17-13-4-3-11(8-16-13)15(20)19(2)12-5-6-24(21,22)9-12/h3-4,7-8,12H,5-6,9H2,1-2H3,(H,16,17,18). The van der Waals surface area contributed by atoms with Crippen molar-refractivity contribution in [2.45, 2.75) is 19.4 Å². The number of rotatable bonds is 4. The maximum Gasteiger partial charge on any atom is 0.255 e. The molecular weight excluding hydrogens is 332 g/mol. The molecule has 1 atom stereocenters. The molecule has 24 heavy (non-hydrogen) atoms. The van der Waals surface area contributed by atoms with Gasteiger partial charge < -0.3 is 14.7 Å². The van der Waals surface area contributed by atoms with E-state index in [-0.39, 0.29) is 23.5 Å². The van der Waals surface area contributed by atoms with Gasteiger partial charge in [0.15, 0.2) is 15.7 Å². The van der Waals surface area contributed by atoms with Gasteiger partial charge in [0.1, 0.15) is 11.6 Å². The fraction of sp³-hybridized carbons (Fsp3) is 0.400. The van der Waals surface area contributed by atoms with Crippen LogP contribution in [0, 0.1) is 6.92 Å². The quantitative estimate of drug-likeness (QED) is 0.888. The Labute approximate surface area is 139 Å². The number of anilines is 2. The molecule has 1 aliphatic heterocycles. The molecule has 3 rings (SSSR count). The summed E-state index contributed by atoms with van der Waals surface area (Å²) in [5.74, 6) is 1.66. The van der Waals surface area contributed by atoms with Crippen LogP contribution in [0.25, 0.3) is 0 Å². The van der Waals surface area contributed by atoms with Crippen LogP contribution in [0.4, 0.5) is 11.6 Å². The Morgan fingerprint density at radius 3 is 2.71 bits per heavy atom. The average Bonchev–Trinajstić information content (AvgIpc) is 3.12. The summed E-state index contributed by atoms with van der Waals surface area (Å²) in [5.41, 5.74) is 0.406. The zero-order valence-electron chi connectivity index (χ0n) is 13.4. The molecule has 0 saturated carbocycles. The van der Waals surface area contributed by atoms with E-state index in [4.69, 9.17) is 4.52 Å². The van der Waals surface area contributed by atoms with Gasteiger partial charge in [-0.3, -0.25) is 4.79 Å². The fourth-order valence-electron chi connectivity index (χ4n) is 2.60. The van der Waals surface area contributed by atoms with E-state index in [2.05, 4.69) is 15.5 Å². The number of nitrogens with zero attached hydrogens (tertiary/aromatic N) is 3. The van der Waals surface area contributed by atoms with Crippen LogP contribution in [0.3, 0.4) is 0 Å². The fourth-order valence-corrected chi connectivity index (χ4v) is 4.38. The minimum absolute atomic E-state index is 0.0216. The van der Waals surface area contributed by atoms with Crippen molar-refractivity contribution in [3.8, 4) is 0 Å². The van der Waals surface area contributed by atoms with Crippen LogP contribution in [0.15, 0.2) is 28.9 Å². The third-order valence-electron chi connectivity index (χ3n) is 3.97. The molecular formula is C15H18N4O4S. The zero-order valence-corrected chi connectivity index (χ0v) is 14.2. The van der Waals surface area contributed by atoms with Gasteiger partial charge in [-0.1, -0.05) is 5.16 Å². The van der Waals surface area contributed by atoms with Crippen molar-refractivity contribution in [1.82, 2.24) is 15.0 Å². The molecule has 0 aromatic carbocycles. The molecule has 8 nitrogen and oxygen atoms in total. The summed E-state index contributed by atoms with van der Waals surface area (Å²) in [6.07, 6.45) is 1.93. The maximum absolute atomic E-state index is 12.5. The second-order valence-electron chi connectivity index (χ2n) is 5.85. The van der Waals surface area contributed by atoms with Crippen LogP contribution in [-0.4, -0.2) is 54.0 Å². The van der Waals surface area contributed by atoms with Gasteiger partial charge >= 0.3 is 0 Å². The number of sulfone groups is 1. The normalized spacial score (nSPS) is 19.2. The van der Waals surface area contributed by atoms with E-state index in [0.717, 1.165) is 0 Å². The number of hydrogen-bond acceptors (Lipinski definition) is 7. The number of carbonyl (C=O) groups excluding carboxylic acids is 1. The van der Waals surface area contributed by atoms with Crippen molar-refractivity contribution in [3.63, 3.8) is 0 Å². The van der Waals surface area contributed by atoms with Crippen LogP contribution in [0.2, 0.25) is 0 Å². The van der Waals surface area contributed by atoms with Crippen molar-refractivity contribution in [2.75, 3.05) is 23.9 Å². The SMILES string of the molecule is Cc1cc(Nc2ccc(C(=O)N(C)C3CCS(=O)(=O)C3)cn2)no1. The zero-order chi connectivity index (χ0) is 17.3. The van der Waals surface area contributed by atoms with Gasteiger partial charge in [0, 0.05) is 25.4 Å². The lowest BCUT2D eigenvalue weighted by Gasteiger charge is -2.23. The van der Waals surface area contributed by atoms with Gasteiger partial charge in [-0.25, -0.2) is 13.4 Å². The van der Waals surface area contributed by atoms with Gasteiger partial charge in [-0.15, -0.1) is 0 Å². The first-order valence-corrected chi connectivity index (χ1v) is 9.30. The Kier molecular flexibility index (Phi) is 4.27. The third-order valence-corrected chi connectivity index (χ3v) is 5.72.